The van der Waals surface area contributed by atoms with E-state index in [0.29, 0.717) is 0 Å². The van der Waals surface area contributed by atoms with Crippen molar-refractivity contribution in [2.45, 2.75) is 59.4 Å². The Morgan fingerprint density at radius 1 is 0.909 bits per heavy atom. The summed E-state index contributed by atoms with van der Waals surface area (Å²) in [6, 6.07) is 0. The van der Waals surface area contributed by atoms with Gasteiger partial charge in [0, 0.05) is 0 Å². The molecule has 0 aromatic carbocycles. The first-order valence-electron chi connectivity index (χ1n) is 6.61. The number of ether oxygens (including phenoxy) is 1. The van der Waals surface area contributed by atoms with Gasteiger partial charge in [-0.15, -0.1) is 0 Å². The Balaban J connectivity index is 5.30. The molecule has 0 heterocycles. The summed E-state index contributed by atoms with van der Waals surface area (Å²) >= 11 is 0. The predicted octanol–water partition coefficient (Wildman–Crippen LogP) is -0.725. The van der Waals surface area contributed by atoms with Crippen molar-refractivity contribution in [2.24, 2.45) is 5.41 Å². The Kier molecular flexibility index (Phi) is 8.40. The molecule has 0 fully saturated rings. The topological polar surface area (TPSA) is 154 Å². The van der Waals surface area contributed by atoms with Crippen LogP contribution in [-0.2, 0) is 22.9 Å². The van der Waals surface area contributed by atoms with E-state index in [0.717, 1.165) is 0 Å². The lowest BCUT2D eigenvalue weighted by atomic mass is 9.87. The van der Waals surface area contributed by atoms with E-state index < -0.39 is 39.9 Å². The van der Waals surface area contributed by atoms with Gasteiger partial charge in [0.05, 0.1) is 34.5 Å². The second kappa shape index (κ2) is 8.33. The van der Waals surface area contributed by atoms with Gasteiger partial charge in [-0.2, -0.15) is 0 Å². The fourth-order valence-electron chi connectivity index (χ4n) is 1.66. The van der Waals surface area contributed by atoms with Crippen LogP contribution < -0.4 is 19.6 Å². The average molecular weight is 360 g/mol. The summed E-state index contributed by atoms with van der Waals surface area (Å²) in [6.45, 7) is 8.05. The molecule has 0 unspecified atom stereocenters. The zero-order valence-electron chi connectivity index (χ0n) is 13.2. The van der Waals surface area contributed by atoms with Gasteiger partial charge in [0.2, 0.25) is 0 Å². The fourth-order valence-corrected chi connectivity index (χ4v) is 2.73. The van der Waals surface area contributed by atoms with Crippen LogP contribution in [0.25, 0.3) is 0 Å². The first kappa shape index (κ1) is 22.2. The summed E-state index contributed by atoms with van der Waals surface area (Å²) in [7, 11) is -10.8. The lowest BCUT2D eigenvalue weighted by molar-refractivity contribution is -0.358. The van der Waals surface area contributed by atoms with Crippen molar-refractivity contribution in [3.05, 3.63) is 0 Å². The summed E-state index contributed by atoms with van der Waals surface area (Å²) < 4.78 is 35.6. The Morgan fingerprint density at radius 3 is 1.64 bits per heavy atom. The second-order valence-electron chi connectivity index (χ2n) is 6.33. The lowest BCUT2D eigenvalue weighted by Crippen LogP contribution is -2.41. The van der Waals surface area contributed by atoms with Gasteiger partial charge < -0.3 is 42.5 Å². The van der Waals surface area contributed by atoms with Crippen LogP contribution in [0.2, 0.25) is 0 Å². The minimum Gasteiger partial charge on any atom is -0.790 e. The van der Waals surface area contributed by atoms with Crippen molar-refractivity contribution >= 4 is 15.6 Å². The van der Waals surface area contributed by atoms with Crippen molar-refractivity contribution in [3.8, 4) is 0 Å². The molecule has 9 nitrogen and oxygen atoms in total. The first-order valence-corrected chi connectivity index (χ1v) is 9.54. The standard InChI is InChI=1S/C11H26O9P2/c1-8(2)18-7-10(20-22(15,16)17)9(6-11(3,4)5)19-21(12,13)14/h8-10H,6-7H2,1-5H3,(H2,12,13,14)(H2,15,16,17)/p-4/t9-,10-/m0/s1. The van der Waals surface area contributed by atoms with Gasteiger partial charge in [0.25, 0.3) is 0 Å². The highest BCUT2D eigenvalue weighted by Gasteiger charge is 2.30. The van der Waals surface area contributed by atoms with Crippen LogP contribution in [0.1, 0.15) is 41.0 Å². The van der Waals surface area contributed by atoms with E-state index in [4.69, 9.17) is 4.74 Å². The lowest BCUT2D eigenvalue weighted by Gasteiger charge is -2.42. The summed E-state index contributed by atoms with van der Waals surface area (Å²) in [4.78, 5) is 43.4. The SMILES string of the molecule is CC(C)OC[C@H](OP(=O)([O-])[O-])[C@H](CC(C)(C)C)OP(=O)([O-])[O-]. The highest BCUT2D eigenvalue weighted by atomic mass is 31.2. The van der Waals surface area contributed by atoms with Crippen LogP contribution in [0.4, 0.5) is 0 Å². The van der Waals surface area contributed by atoms with Gasteiger partial charge in [-0.3, -0.25) is 0 Å². The van der Waals surface area contributed by atoms with Gasteiger partial charge in [-0.05, 0) is 25.7 Å². The van der Waals surface area contributed by atoms with Crippen molar-refractivity contribution in [1.82, 2.24) is 0 Å². The molecule has 0 aliphatic carbocycles. The molecule has 2 atom stereocenters. The molecule has 0 aromatic rings. The van der Waals surface area contributed by atoms with Crippen molar-refractivity contribution in [3.63, 3.8) is 0 Å². The average Bonchev–Trinajstić information content (AvgIpc) is 2.17. The molecule has 0 saturated heterocycles. The molecule has 134 valence electrons. The van der Waals surface area contributed by atoms with Gasteiger partial charge in [0.15, 0.2) is 0 Å². The molecule has 0 aliphatic heterocycles. The highest BCUT2D eigenvalue weighted by Crippen LogP contribution is 2.38. The molecule has 0 rings (SSSR count). The van der Waals surface area contributed by atoms with E-state index >= 15 is 0 Å². The van der Waals surface area contributed by atoms with Gasteiger partial charge in [-0.1, -0.05) is 20.8 Å². The first-order chi connectivity index (χ1) is 9.59. The Hall–Kier alpha value is 0.180. The Bertz CT molecular complexity index is 420. The number of rotatable bonds is 9. The Morgan fingerprint density at radius 2 is 1.32 bits per heavy atom. The molecule has 0 saturated carbocycles. The van der Waals surface area contributed by atoms with E-state index in [1.54, 1.807) is 34.6 Å². The maximum Gasteiger partial charge on any atom is 0.112 e. The molecule has 0 aliphatic rings. The molecular weight excluding hydrogens is 338 g/mol. The van der Waals surface area contributed by atoms with E-state index in [1.807, 2.05) is 0 Å². The minimum atomic E-state index is -5.42. The Labute approximate surface area is 130 Å². The molecule has 22 heavy (non-hydrogen) atoms. The third-order valence-electron chi connectivity index (χ3n) is 2.35. The molecule has 0 radical (unpaired) electrons. The van der Waals surface area contributed by atoms with Gasteiger partial charge in [0.1, 0.15) is 6.10 Å². The van der Waals surface area contributed by atoms with Crippen molar-refractivity contribution in [1.29, 1.82) is 0 Å². The maximum atomic E-state index is 10.9. The third-order valence-corrected chi connectivity index (χ3v) is 3.41. The van der Waals surface area contributed by atoms with Crippen LogP contribution >= 0.6 is 15.6 Å². The maximum absolute atomic E-state index is 10.9. The smallest absolute Gasteiger partial charge is 0.112 e. The molecule has 0 aromatic heterocycles. The number of hydrogen-bond donors (Lipinski definition) is 0. The minimum absolute atomic E-state index is 0.0341. The van der Waals surface area contributed by atoms with Crippen LogP contribution in [0.5, 0.6) is 0 Å². The fraction of sp³-hybridized carbons (Fsp3) is 1.00. The van der Waals surface area contributed by atoms with Gasteiger partial charge in [-0.25, -0.2) is 0 Å². The largest absolute Gasteiger partial charge is 0.790 e. The zero-order chi connectivity index (χ0) is 17.8. The summed E-state index contributed by atoms with van der Waals surface area (Å²) in [5.41, 5.74) is -0.519. The molecular formula is C11H22O9P2-4. The van der Waals surface area contributed by atoms with Crippen LogP contribution in [0.15, 0.2) is 0 Å². The van der Waals surface area contributed by atoms with Crippen LogP contribution in [-0.4, -0.2) is 24.9 Å². The monoisotopic (exact) mass is 360 g/mol. The highest BCUT2D eigenvalue weighted by molar-refractivity contribution is 7.43. The molecule has 0 spiro atoms. The summed E-state index contributed by atoms with van der Waals surface area (Å²) in [5.74, 6) is 0. The van der Waals surface area contributed by atoms with Crippen LogP contribution in [0, 0.1) is 5.41 Å². The second-order valence-corrected chi connectivity index (χ2v) is 8.54. The van der Waals surface area contributed by atoms with E-state index in [-0.39, 0.29) is 12.5 Å². The molecule has 0 bridgehead atoms. The van der Waals surface area contributed by atoms with Crippen molar-refractivity contribution in [2.75, 3.05) is 6.61 Å². The van der Waals surface area contributed by atoms with Crippen LogP contribution in [0.3, 0.4) is 0 Å². The zero-order valence-corrected chi connectivity index (χ0v) is 15.0. The molecule has 0 N–H and O–H groups in total. The quantitative estimate of drug-likeness (QED) is 0.484. The normalized spacial score (nSPS) is 16.8. The summed E-state index contributed by atoms with van der Waals surface area (Å²) in [6.07, 6.45) is -3.34. The van der Waals surface area contributed by atoms with Gasteiger partial charge >= 0.3 is 0 Å². The number of phosphoric ester groups is 2. The molecule has 0 amide bonds. The number of phosphoric acid groups is 2. The summed E-state index contributed by atoms with van der Waals surface area (Å²) in [5, 5.41) is 0. The third kappa shape index (κ3) is 12.7. The van der Waals surface area contributed by atoms with E-state index in [9.17, 15) is 28.7 Å². The molecule has 11 heteroatoms. The van der Waals surface area contributed by atoms with Crippen molar-refractivity contribution < 1.29 is 42.5 Å². The van der Waals surface area contributed by atoms with E-state index in [2.05, 4.69) is 9.05 Å². The number of hydrogen-bond acceptors (Lipinski definition) is 9. The van der Waals surface area contributed by atoms with E-state index in [1.165, 1.54) is 0 Å². The predicted molar refractivity (Wildman–Crippen MR) is 70.1 cm³/mol.